The zero-order valence-electron chi connectivity index (χ0n) is 10.5. The Morgan fingerprint density at radius 2 is 2.16 bits per heavy atom. The SMILES string of the molecule is O=C(c1ccc(Cl)c(Br)c1)N1CCCCCC1CBr. The lowest BCUT2D eigenvalue weighted by Gasteiger charge is -2.29. The van der Waals surface area contributed by atoms with Gasteiger partial charge < -0.3 is 4.90 Å². The highest BCUT2D eigenvalue weighted by molar-refractivity contribution is 9.10. The highest BCUT2D eigenvalue weighted by Gasteiger charge is 2.25. The molecule has 0 aliphatic carbocycles. The standard InChI is InChI=1S/C14H16Br2ClNO/c15-9-11-4-2-1-3-7-18(11)14(19)10-5-6-13(17)12(16)8-10/h5-6,8,11H,1-4,7,9H2. The van der Waals surface area contributed by atoms with Crippen LogP contribution in [0.15, 0.2) is 22.7 Å². The third-order valence-corrected chi connectivity index (χ3v) is 5.44. The Labute approximate surface area is 135 Å². The van der Waals surface area contributed by atoms with Crippen LogP contribution >= 0.6 is 43.5 Å². The number of amides is 1. The van der Waals surface area contributed by atoms with Crippen molar-refractivity contribution in [1.82, 2.24) is 4.90 Å². The van der Waals surface area contributed by atoms with E-state index in [0.29, 0.717) is 16.6 Å². The number of halogens is 3. The van der Waals surface area contributed by atoms with Gasteiger partial charge in [0.2, 0.25) is 0 Å². The van der Waals surface area contributed by atoms with Crippen LogP contribution in [0.4, 0.5) is 0 Å². The van der Waals surface area contributed by atoms with E-state index in [0.717, 1.165) is 29.2 Å². The van der Waals surface area contributed by atoms with Crippen molar-refractivity contribution in [2.75, 3.05) is 11.9 Å². The minimum absolute atomic E-state index is 0.101. The molecule has 1 fully saturated rings. The van der Waals surface area contributed by atoms with E-state index in [2.05, 4.69) is 31.9 Å². The molecule has 1 aromatic carbocycles. The van der Waals surface area contributed by atoms with E-state index in [9.17, 15) is 4.79 Å². The van der Waals surface area contributed by atoms with Gasteiger partial charge in [-0.15, -0.1) is 0 Å². The molecule has 1 aliphatic heterocycles. The van der Waals surface area contributed by atoms with Crippen LogP contribution in [0.3, 0.4) is 0 Å². The number of carbonyl (C=O) groups is 1. The van der Waals surface area contributed by atoms with Gasteiger partial charge in [0.05, 0.1) is 5.02 Å². The molecule has 0 aromatic heterocycles. The zero-order chi connectivity index (χ0) is 13.8. The Hall–Kier alpha value is -0.0600. The van der Waals surface area contributed by atoms with Gasteiger partial charge in [0.15, 0.2) is 0 Å². The largest absolute Gasteiger partial charge is 0.335 e. The molecule has 5 heteroatoms. The lowest BCUT2D eigenvalue weighted by Crippen LogP contribution is -2.41. The summed E-state index contributed by atoms with van der Waals surface area (Å²) in [5.41, 5.74) is 0.698. The number of hydrogen-bond acceptors (Lipinski definition) is 1. The molecule has 0 saturated carbocycles. The molecule has 0 N–H and O–H groups in total. The van der Waals surface area contributed by atoms with E-state index < -0.39 is 0 Å². The topological polar surface area (TPSA) is 20.3 Å². The number of hydrogen-bond donors (Lipinski definition) is 0. The maximum absolute atomic E-state index is 12.6. The first-order valence-electron chi connectivity index (χ1n) is 6.45. The van der Waals surface area contributed by atoms with E-state index in [1.165, 1.54) is 12.8 Å². The van der Waals surface area contributed by atoms with Crippen LogP contribution in [0.2, 0.25) is 5.02 Å². The summed E-state index contributed by atoms with van der Waals surface area (Å²) in [4.78, 5) is 14.6. The van der Waals surface area contributed by atoms with E-state index in [1.54, 1.807) is 18.2 Å². The molecule has 19 heavy (non-hydrogen) atoms. The molecule has 1 atom stereocenters. The Bertz CT molecular complexity index is 467. The van der Waals surface area contributed by atoms with Crippen LogP contribution in [0, 0.1) is 0 Å². The minimum Gasteiger partial charge on any atom is -0.335 e. The summed E-state index contributed by atoms with van der Waals surface area (Å²) < 4.78 is 0.769. The number of benzene rings is 1. The number of rotatable bonds is 2. The molecule has 1 unspecified atom stereocenters. The van der Waals surface area contributed by atoms with E-state index in [4.69, 9.17) is 11.6 Å². The lowest BCUT2D eigenvalue weighted by molar-refractivity contribution is 0.0702. The molecule has 0 bridgehead atoms. The second-order valence-electron chi connectivity index (χ2n) is 4.78. The normalized spacial score (nSPS) is 20.2. The number of likely N-dealkylation sites (tertiary alicyclic amines) is 1. The molecule has 1 heterocycles. The van der Waals surface area contributed by atoms with Crippen LogP contribution in [0.25, 0.3) is 0 Å². The third-order valence-electron chi connectivity index (χ3n) is 3.48. The van der Waals surface area contributed by atoms with Gasteiger partial charge in [-0.1, -0.05) is 40.4 Å². The van der Waals surface area contributed by atoms with Crippen molar-refractivity contribution in [1.29, 1.82) is 0 Å². The molecule has 104 valence electrons. The summed E-state index contributed by atoms with van der Waals surface area (Å²) in [6.07, 6.45) is 4.57. The Kier molecular flexibility index (Phi) is 5.72. The van der Waals surface area contributed by atoms with Gasteiger partial charge in [0.1, 0.15) is 0 Å². The highest BCUT2D eigenvalue weighted by atomic mass is 79.9. The first-order valence-corrected chi connectivity index (χ1v) is 8.74. The Morgan fingerprint density at radius 3 is 2.84 bits per heavy atom. The van der Waals surface area contributed by atoms with Crippen LogP contribution in [0.5, 0.6) is 0 Å². The predicted molar refractivity (Wildman–Crippen MR) is 86.2 cm³/mol. The van der Waals surface area contributed by atoms with Crippen molar-refractivity contribution < 1.29 is 4.79 Å². The van der Waals surface area contributed by atoms with Crippen molar-refractivity contribution in [2.24, 2.45) is 0 Å². The van der Waals surface area contributed by atoms with Crippen molar-refractivity contribution in [3.05, 3.63) is 33.3 Å². The zero-order valence-corrected chi connectivity index (χ0v) is 14.5. The average molecular weight is 410 g/mol. The van der Waals surface area contributed by atoms with Crippen LogP contribution in [0.1, 0.15) is 36.0 Å². The Morgan fingerprint density at radius 1 is 1.37 bits per heavy atom. The molecule has 2 rings (SSSR count). The van der Waals surface area contributed by atoms with Crippen molar-refractivity contribution in [3.8, 4) is 0 Å². The highest BCUT2D eigenvalue weighted by Crippen LogP contribution is 2.26. The molecule has 1 saturated heterocycles. The van der Waals surface area contributed by atoms with Gasteiger partial charge in [-0.2, -0.15) is 0 Å². The average Bonchev–Trinajstić information content (AvgIpc) is 2.66. The van der Waals surface area contributed by atoms with E-state index in [-0.39, 0.29) is 5.91 Å². The fraction of sp³-hybridized carbons (Fsp3) is 0.500. The molecule has 0 radical (unpaired) electrons. The third kappa shape index (κ3) is 3.73. The lowest BCUT2D eigenvalue weighted by atomic mass is 10.1. The van der Waals surface area contributed by atoms with Gasteiger partial charge in [0, 0.05) is 28.0 Å². The second-order valence-corrected chi connectivity index (χ2v) is 6.69. The quantitative estimate of drug-likeness (QED) is 0.638. The van der Waals surface area contributed by atoms with Crippen molar-refractivity contribution in [3.63, 3.8) is 0 Å². The summed E-state index contributed by atoms with van der Waals surface area (Å²) >= 11 is 12.9. The molecular weight excluding hydrogens is 393 g/mol. The van der Waals surface area contributed by atoms with Crippen LogP contribution in [-0.2, 0) is 0 Å². The van der Waals surface area contributed by atoms with Crippen molar-refractivity contribution in [2.45, 2.75) is 31.7 Å². The number of nitrogens with zero attached hydrogens (tertiary/aromatic N) is 1. The summed E-state index contributed by atoms with van der Waals surface area (Å²) in [5.74, 6) is 0.101. The summed E-state index contributed by atoms with van der Waals surface area (Å²) in [6, 6.07) is 5.66. The summed E-state index contributed by atoms with van der Waals surface area (Å²) in [6.45, 7) is 0.843. The van der Waals surface area contributed by atoms with Gasteiger partial charge in [0.25, 0.3) is 5.91 Å². The monoisotopic (exact) mass is 407 g/mol. The molecule has 2 nitrogen and oxygen atoms in total. The van der Waals surface area contributed by atoms with Crippen LogP contribution in [-0.4, -0.2) is 28.7 Å². The second kappa shape index (κ2) is 7.09. The number of alkyl halides is 1. The molecule has 1 aromatic rings. The van der Waals surface area contributed by atoms with Gasteiger partial charge in [-0.05, 0) is 47.0 Å². The fourth-order valence-electron chi connectivity index (χ4n) is 2.40. The predicted octanol–water partition coefficient (Wildman–Crippen LogP) is 4.88. The Balaban J connectivity index is 2.22. The van der Waals surface area contributed by atoms with Crippen molar-refractivity contribution >= 4 is 49.4 Å². The van der Waals surface area contributed by atoms with Gasteiger partial charge in [-0.25, -0.2) is 0 Å². The summed E-state index contributed by atoms with van der Waals surface area (Å²) in [7, 11) is 0. The molecular formula is C14H16Br2ClNO. The summed E-state index contributed by atoms with van der Waals surface area (Å²) in [5, 5.41) is 1.47. The van der Waals surface area contributed by atoms with Crippen LogP contribution < -0.4 is 0 Å². The maximum atomic E-state index is 12.6. The molecule has 1 amide bonds. The first kappa shape index (κ1) is 15.3. The van der Waals surface area contributed by atoms with E-state index in [1.807, 2.05) is 4.90 Å². The maximum Gasteiger partial charge on any atom is 0.254 e. The minimum atomic E-state index is 0.101. The molecule has 1 aliphatic rings. The molecule has 0 spiro atoms. The van der Waals surface area contributed by atoms with Gasteiger partial charge >= 0.3 is 0 Å². The number of carbonyl (C=O) groups excluding carboxylic acids is 1. The smallest absolute Gasteiger partial charge is 0.254 e. The van der Waals surface area contributed by atoms with Gasteiger partial charge in [-0.3, -0.25) is 4.79 Å². The fourth-order valence-corrected chi connectivity index (χ4v) is 3.57. The first-order chi connectivity index (χ1) is 9.13. The van der Waals surface area contributed by atoms with E-state index >= 15 is 0 Å².